The summed E-state index contributed by atoms with van der Waals surface area (Å²) in [5.41, 5.74) is 0. The van der Waals surface area contributed by atoms with Gasteiger partial charge in [-0.15, -0.1) is 0 Å². The molecule has 1 unspecified atom stereocenters. The third-order valence-electron chi connectivity index (χ3n) is 11.1. The Balaban J connectivity index is 4.38. The maximum Gasteiger partial charge on any atom is 0.306 e. The molecule has 0 aliphatic heterocycles. The topological polar surface area (TPSA) is 78.9 Å². The van der Waals surface area contributed by atoms with Crippen LogP contribution in [0.4, 0.5) is 0 Å². The van der Waals surface area contributed by atoms with E-state index >= 15 is 0 Å². The second-order valence-electron chi connectivity index (χ2n) is 17.2. The first kappa shape index (κ1) is 58.9. The van der Waals surface area contributed by atoms with Crippen molar-refractivity contribution < 1.29 is 28.6 Å². The van der Waals surface area contributed by atoms with Gasteiger partial charge in [-0.1, -0.05) is 261 Å². The zero-order valence-corrected chi connectivity index (χ0v) is 40.6. The molecule has 0 bridgehead atoms. The van der Waals surface area contributed by atoms with Crippen molar-refractivity contribution in [1.29, 1.82) is 0 Å². The summed E-state index contributed by atoms with van der Waals surface area (Å²) in [6, 6.07) is 0. The summed E-state index contributed by atoms with van der Waals surface area (Å²) in [6.45, 7) is 6.45. The van der Waals surface area contributed by atoms with Crippen molar-refractivity contribution in [1.82, 2.24) is 0 Å². The van der Waals surface area contributed by atoms with E-state index in [1.54, 1.807) is 0 Å². The fraction of sp³-hybridized carbons (Fsp3) is 0.732. The van der Waals surface area contributed by atoms with Gasteiger partial charge >= 0.3 is 17.9 Å². The summed E-state index contributed by atoms with van der Waals surface area (Å²) >= 11 is 0. The monoisotopic (exact) mass is 865 g/mol. The first-order valence-corrected chi connectivity index (χ1v) is 26.0. The molecule has 0 saturated heterocycles. The van der Waals surface area contributed by atoms with Crippen molar-refractivity contribution >= 4 is 17.9 Å². The van der Waals surface area contributed by atoms with Crippen molar-refractivity contribution in [2.45, 2.75) is 252 Å². The number of esters is 3. The molecule has 0 aliphatic carbocycles. The van der Waals surface area contributed by atoms with Gasteiger partial charge in [0.1, 0.15) is 13.2 Å². The van der Waals surface area contributed by atoms with Gasteiger partial charge in [0.05, 0.1) is 0 Å². The fourth-order valence-electron chi connectivity index (χ4n) is 7.24. The standard InChI is InChI=1S/C56H96O6/c1-4-7-10-13-16-19-21-23-25-27-29-30-32-34-37-40-43-46-49-55(58)61-52-53(51-60-54(57)48-45-42-39-36-18-15-12-9-6-3)62-56(59)50-47-44-41-38-35-33-31-28-26-24-22-20-17-14-11-8-5-2/h8,11,14,17,20,22,24,26,28,31,33,35,53H,4-7,9-10,12-13,15-16,18-19,21,23,25,27,29-30,32,34,36-52H2,1-3H3/b11-8-,17-14-,22-20-,26-24-,31-28+,35-33-. The van der Waals surface area contributed by atoms with Crippen LogP contribution < -0.4 is 0 Å². The Kier molecular flexibility index (Phi) is 47.9. The summed E-state index contributed by atoms with van der Waals surface area (Å²) in [4.78, 5) is 37.9. The van der Waals surface area contributed by atoms with Crippen molar-refractivity contribution in [3.8, 4) is 0 Å². The van der Waals surface area contributed by atoms with Gasteiger partial charge in [-0.2, -0.15) is 0 Å². The molecule has 0 aromatic heterocycles. The van der Waals surface area contributed by atoms with Crippen LogP contribution in [0, 0.1) is 0 Å². The number of carbonyl (C=O) groups excluding carboxylic acids is 3. The molecule has 0 aromatic rings. The summed E-state index contributed by atoms with van der Waals surface area (Å²) in [5.74, 6) is -0.933. The minimum atomic E-state index is -0.794. The Bertz CT molecular complexity index is 1180. The van der Waals surface area contributed by atoms with Crippen LogP contribution in [-0.2, 0) is 28.6 Å². The fourth-order valence-corrected chi connectivity index (χ4v) is 7.24. The first-order valence-electron chi connectivity index (χ1n) is 26.0. The molecule has 0 aliphatic rings. The Morgan fingerprint density at radius 1 is 0.339 bits per heavy atom. The third kappa shape index (κ3) is 47.9. The Labute approximate surface area is 382 Å². The zero-order valence-electron chi connectivity index (χ0n) is 40.6. The largest absolute Gasteiger partial charge is 0.462 e. The lowest BCUT2D eigenvalue weighted by Crippen LogP contribution is -2.30. The lowest BCUT2D eigenvalue weighted by molar-refractivity contribution is -0.167. The number of hydrogen-bond donors (Lipinski definition) is 0. The summed E-state index contributed by atoms with van der Waals surface area (Å²) in [5, 5.41) is 0. The van der Waals surface area contributed by atoms with Crippen molar-refractivity contribution in [2.75, 3.05) is 13.2 Å². The van der Waals surface area contributed by atoms with Gasteiger partial charge in [-0.25, -0.2) is 0 Å². The molecule has 6 nitrogen and oxygen atoms in total. The van der Waals surface area contributed by atoms with E-state index in [0.717, 1.165) is 64.2 Å². The van der Waals surface area contributed by atoms with Gasteiger partial charge in [0.2, 0.25) is 0 Å². The van der Waals surface area contributed by atoms with Gasteiger partial charge in [-0.05, 0) is 38.5 Å². The minimum Gasteiger partial charge on any atom is -0.462 e. The molecule has 0 fully saturated rings. The highest BCUT2D eigenvalue weighted by molar-refractivity contribution is 5.71. The van der Waals surface area contributed by atoms with E-state index < -0.39 is 6.10 Å². The molecule has 1 atom stereocenters. The number of carbonyl (C=O) groups is 3. The lowest BCUT2D eigenvalue weighted by Gasteiger charge is -2.18. The van der Waals surface area contributed by atoms with E-state index in [-0.39, 0.29) is 37.5 Å². The molecule has 62 heavy (non-hydrogen) atoms. The number of allylic oxidation sites excluding steroid dienone is 12. The maximum absolute atomic E-state index is 12.8. The van der Waals surface area contributed by atoms with E-state index in [1.165, 1.54) is 135 Å². The highest BCUT2D eigenvalue weighted by Crippen LogP contribution is 2.16. The van der Waals surface area contributed by atoms with E-state index in [2.05, 4.69) is 32.9 Å². The predicted octanol–water partition coefficient (Wildman–Crippen LogP) is 17.0. The molecular weight excluding hydrogens is 769 g/mol. The average molecular weight is 865 g/mol. The normalized spacial score (nSPS) is 12.6. The summed E-state index contributed by atoms with van der Waals surface area (Å²) < 4.78 is 16.7. The van der Waals surface area contributed by atoms with E-state index in [1.807, 2.05) is 60.8 Å². The summed E-state index contributed by atoms with van der Waals surface area (Å²) in [6.07, 6.45) is 63.2. The number of hydrogen-bond acceptors (Lipinski definition) is 6. The average Bonchev–Trinajstić information content (AvgIpc) is 3.27. The lowest BCUT2D eigenvalue weighted by atomic mass is 10.0. The molecule has 0 radical (unpaired) electrons. The first-order chi connectivity index (χ1) is 30.5. The quantitative estimate of drug-likeness (QED) is 0.0262. The Morgan fingerprint density at radius 2 is 0.629 bits per heavy atom. The van der Waals surface area contributed by atoms with Gasteiger partial charge in [0, 0.05) is 19.3 Å². The highest BCUT2D eigenvalue weighted by atomic mass is 16.6. The van der Waals surface area contributed by atoms with Crippen LogP contribution in [0.1, 0.15) is 245 Å². The third-order valence-corrected chi connectivity index (χ3v) is 11.1. The molecule has 0 rings (SSSR count). The van der Waals surface area contributed by atoms with Crippen LogP contribution in [0.3, 0.4) is 0 Å². The number of ether oxygens (including phenoxy) is 3. The molecule has 356 valence electrons. The Morgan fingerprint density at radius 3 is 0.984 bits per heavy atom. The van der Waals surface area contributed by atoms with Crippen molar-refractivity contribution in [3.05, 3.63) is 72.9 Å². The van der Waals surface area contributed by atoms with Crippen LogP contribution in [0.2, 0.25) is 0 Å². The van der Waals surface area contributed by atoms with Gasteiger partial charge in [-0.3, -0.25) is 14.4 Å². The summed E-state index contributed by atoms with van der Waals surface area (Å²) in [7, 11) is 0. The zero-order chi connectivity index (χ0) is 45.1. The highest BCUT2D eigenvalue weighted by Gasteiger charge is 2.19. The van der Waals surface area contributed by atoms with Gasteiger partial charge in [0.25, 0.3) is 0 Å². The second kappa shape index (κ2) is 50.5. The molecule has 0 spiro atoms. The van der Waals surface area contributed by atoms with E-state index in [9.17, 15) is 14.4 Å². The molecule has 0 saturated carbocycles. The molecule has 6 heteroatoms. The molecule has 0 heterocycles. The smallest absolute Gasteiger partial charge is 0.306 e. The molecule has 0 amide bonds. The van der Waals surface area contributed by atoms with Crippen LogP contribution in [0.15, 0.2) is 72.9 Å². The maximum atomic E-state index is 12.8. The predicted molar refractivity (Wildman–Crippen MR) is 265 cm³/mol. The molecule has 0 N–H and O–H groups in total. The van der Waals surface area contributed by atoms with E-state index in [0.29, 0.717) is 19.3 Å². The van der Waals surface area contributed by atoms with Crippen LogP contribution >= 0.6 is 0 Å². The van der Waals surface area contributed by atoms with Crippen molar-refractivity contribution in [3.63, 3.8) is 0 Å². The van der Waals surface area contributed by atoms with Crippen LogP contribution in [0.5, 0.6) is 0 Å². The number of rotatable bonds is 46. The van der Waals surface area contributed by atoms with E-state index in [4.69, 9.17) is 14.2 Å². The molecular formula is C56H96O6. The number of unbranched alkanes of at least 4 members (excludes halogenated alkanes) is 28. The van der Waals surface area contributed by atoms with Crippen LogP contribution in [0.25, 0.3) is 0 Å². The molecule has 0 aromatic carbocycles. The van der Waals surface area contributed by atoms with Crippen molar-refractivity contribution in [2.24, 2.45) is 0 Å². The van der Waals surface area contributed by atoms with Gasteiger partial charge < -0.3 is 14.2 Å². The van der Waals surface area contributed by atoms with Crippen LogP contribution in [-0.4, -0.2) is 37.2 Å². The van der Waals surface area contributed by atoms with Gasteiger partial charge in [0.15, 0.2) is 6.10 Å². The SMILES string of the molecule is CC\C=C/C=C\C=C/C=C\C=C\C=C/CCCCCC(=O)OC(COC(=O)CCCCCCCCCCC)COC(=O)CCCCCCCCCCCCCCCCCCCC. The Hall–Kier alpha value is -3.15. The minimum absolute atomic E-state index is 0.0909. The second-order valence-corrected chi connectivity index (χ2v) is 17.2.